The minimum atomic E-state index is 0.104. The summed E-state index contributed by atoms with van der Waals surface area (Å²) in [6.45, 7) is 2.15. The molecule has 0 aliphatic rings. The van der Waals surface area contributed by atoms with Gasteiger partial charge in [-0.1, -0.05) is 13.3 Å². The average molecular weight is 238 g/mol. The summed E-state index contributed by atoms with van der Waals surface area (Å²) in [6.07, 6.45) is 2.12. The molecule has 0 saturated heterocycles. The average Bonchev–Trinajstić information content (AvgIpc) is 2.89. The first kappa shape index (κ1) is 10.8. The van der Waals surface area contributed by atoms with Gasteiger partial charge in [0.05, 0.1) is 11.7 Å². The van der Waals surface area contributed by atoms with Crippen LogP contribution in [0.3, 0.4) is 0 Å². The van der Waals surface area contributed by atoms with Crippen LogP contribution in [0.15, 0.2) is 22.2 Å². The highest BCUT2D eigenvalue weighted by atomic mass is 32.1. The minimum Gasteiger partial charge on any atom is -0.322 e. The van der Waals surface area contributed by atoms with Gasteiger partial charge in [0.1, 0.15) is 5.01 Å². The van der Waals surface area contributed by atoms with E-state index in [1.54, 1.807) is 22.7 Å². The summed E-state index contributed by atoms with van der Waals surface area (Å²) >= 11 is 3.36. The van der Waals surface area contributed by atoms with E-state index in [9.17, 15) is 0 Å². The van der Waals surface area contributed by atoms with Crippen LogP contribution in [0.4, 0.5) is 0 Å². The molecule has 0 bridgehead atoms. The van der Waals surface area contributed by atoms with E-state index < -0.39 is 0 Å². The number of nitrogens with zero attached hydrogens (tertiary/aromatic N) is 1. The molecule has 2 aromatic heterocycles. The molecule has 0 aliphatic heterocycles. The molecule has 80 valence electrons. The third kappa shape index (κ3) is 2.45. The Balaban J connectivity index is 2.17. The summed E-state index contributed by atoms with van der Waals surface area (Å²) < 4.78 is 0. The molecule has 0 radical (unpaired) electrons. The Morgan fingerprint density at radius 1 is 1.47 bits per heavy atom. The minimum absolute atomic E-state index is 0.104. The summed E-state index contributed by atoms with van der Waals surface area (Å²) in [5.74, 6) is 0. The van der Waals surface area contributed by atoms with E-state index in [0.717, 1.165) is 23.5 Å². The molecule has 0 aromatic carbocycles. The summed E-state index contributed by atoms with van der Waals surface area (Å²) in [6, 6.07) is 2.20. The number of nitrogens with two attached hydrogens (primary N) is 1. The number of hydrogen-bond acceptors (Lipinski definition) is 4. The third-order valence-electron chi connectivity index (χ3n) is 2.26. The molecule has 4 heteroatoms. The lowest BCUT2D eigenvalue weighted by molar-refractivity contribution is 0.635. The number of thiophene rings is 1. The quantitative estimate of drug-likeness (QED) is 0.882. The molecule has 2 aromatic rings. The van der Waals surface area contributed by atoms with Crippen LogP contribution in [0.1, 0.15) is 30.8 Å². The fraction of sp³-hybridized carbons (Fsp3) is 0.364. The van der Waals surface area contributed by atoms with Crippen LogP contribution in [-0.2, 0) is 0 Å². The van der Waals surface area contributed by atoms with Crippen molar-refractivity contribution >= 4 is 22.7 Å². The number of aromatic nitrogens is 1. The van der Waals surface area contributed by atoms with Gasteiger partial charge in [0.25, 0.3) is 0 Å². The maximum atomic E-state index is 6.02. The number of rotatable bonds is 4. The van der Waals surface area contributed by atoms with Gasteiger partial charge in [-0.15, -0.1) is 11.3 Å². The van der Waals surface area contributed by atoms with Crippen molar-refractivity contribution < 1.29 is 0 Å². The Morgan fingerprint density at radius 2 is 2.33 bits per heavy atom. The van der Waals surface area contributed by atoms with Crippen LogP contribution in [0.2, 0.25) is 0 Å². The molecule has 2 nitrogen and oxygen atoms in total. The predicted octanol–water partition coefficient (Wildman–Crippen LogP) is 3.67. The second-order valence-corrected chi connectivity index (χ2v) is 5.15. The number of thiazole rings is 1. The first-order chi connectivity index (χ1) is 7.31. The van der Waals surface area contributed by atoms with Gasteiger partial charge in [0.2, 0.25) is 0 Å². The van der Waals surface area contributed by atoms with Crippen molar-refractivity contribution in [1.29, 1.82) is 0 Å². The number of hydrogen-bond donors (Lipinski definition) is 1. The Hall–Kier alpha value is -0.710. The maximum Gasteiger partial charge on any atom is 0.110 e. The van der Waals surface area contributed by atoms with Crippen LogP contribution in [-0.4, -0.2) is 4.98 Å². The van der Waals surface area contributed by atoms with Gasteiger partial charge in [-0.2, -0.15) is 11.3 Å². The summed E-state index contributed by atoms with van der Waals surface area (Å²) in [5.41, 5.74) is 8.28. The van der Waals surface area contributed by atoms with Crippen LogP contribution < -0.4 is 5.73 Å². The molecule has 2 rings (SSSR count). The van der Waals surface area contributed by atoms with Crippen molar-refractivity contribution in [3.8, 4) is 11.3 Å². The molecule has 1 atom stereocenters. The van der Waals surface area contributed by atoms with Gasteiger partial charge in [-0.05, 0) is 17.9 Å². The molecular formula is C11H14N2S2. The topological polar surface area (TPSA) is 38.9 Å². The molecule has 0 spiro atoms. The normalized spacial score (nSPS) is 12.9. The van der Waals surface area contributed by atoms with Gasteiger partial charge >= 0.3 is 0 Å². The van der Waals surface area contributed by atoms with Crippen molar-refractivity contribution in [1.82, 2.24) is 4.98 Å². The first-order valence-electron chi connectivity index (χ1n) is 5.05. The van der Waals surface area contributed by atoms with E-state index >= 15 is 0 Å². The molecule has 0 fully saturated rings. The SMILES string of the molecule is CCCC(N)c1nc(-c2ccsc2)cs1. The van der Waals surface area contributed by atoms with E-state index in [4.69, 9.17) is 5.73 Å². The highest BCUT2D eigenvalue weighted by molar-refractivity contribution is 7.10. The monoisotopic (exact) mass is 238 g/mol. The summed E-state index contributed by atoms with van der Waals surface area (Å²) in [5, 5.41) is 7.33. The van der Waals surface area contributed by atoms with Gasteiger partial charge in [-0.3, -0.25) is 0 Å². The van der Waals surface area contributed by atoms with Crippen molar-refractivity contribution in [2.75, 3.05) is 0 Å². The Bertz CT molecular complexity index is 406. The van der Waals surface area contributed by atoms with Gasteiger partial charge < -0.3 is 5.73 Å². The predicted molar refractivity (Wildman–Crippen MR) is 67.3 cm³/mol. The van der Waals surface area contributed by atoms with Crippen LogP contribution in [0.25, 0.3) is 11.3 Å². The molecule has 0 saturated carbocycles. The van der Waals surface area contributed by atoms with E-state index in [1.807, 2.05) is 0 Å². The second-order valence-electron chi connectivity index (χ2n) is 3.48. The van der Waals surface area contributed by atoms with Crippen LogP contribution in [0.5, 0.6) is 0 Å². The van der Waals surface area contributed by atoms with Gasteiger partial charge in [0.15, 0.2) is 0 Å². The molecule has 0 aliphatic carbocycles. The van der Waals surface area contributed by atoms with E-state index in [0.29, 0.717) is 0 Å². The molecular weight excluding hydrogens is 224 g/mol. The van der Waals surface area contributed by atoms with Crippen molar-refractivity contribution in [2.45, 2.75) is 25.8 Å². The van der Waals surface area contributed by atoms with Crippen molar-refractivity contribution in [3.63, 3.8) is 0 Å². The lowest BCUT2D eigenvalue weighted by atomic mass is 10.2. The fourth-order valence-corrected chi connectivity index (χ4v) is 2.95. The lowest BCUT2D eigenvalue weighted by Crippen LogP contribution is -2.09. The highest BCUT2D eigenvalue weighted by Crippen LogP contribution is 2.27. The molecule has 2 heterocycles. The van der Waals surface area contributed by atoms with Gasteiger partial charge in [-0.25, -0.2) is 4.98 Å². The lowest BCUT2D eigenvalue weighted by Gasteiger charge is -2.04. The largest absolute Gasteiger partial charge is 0.322 e. The zero-order valence-corrected chi connectivity index (χ0v) is 10.3. The van der Waals surface area contributed by atoms with Crippen LogP contribution in [0, 0.1) is 0 Å². The standard InChI is InChI=1S/C11H14N2S2/c1-2-3-9(12)11-13-10(7-15-11)8-4-5-14-6-8/h4-7,9H,2-3,12H2,1H3. The van der Waals surface area contributed by atoms with Crippen molar-refractivity contribution in [3.05, 3.63) is 27.2 Å². The van der Waals surface area contributed by atoms with E-state index in [2.05, 4.69) is 34.1 Å². The maximum absolute atomic E-state index is 6.02. The Kier molecular flexibility index (Phi) is 3.51. The molecule has 0 amide bonds. The summed E-state index contributed by atoms with van der Waals surface area (Å²) in [4.78, 5) is 4.57. The zero-order valence-electron chi connectivity index (χ0n) is 8.64. The molecule has 2 N–H and O–H groups in total. The smallest absolute Gasteiger partial charge is 0.110 e. The summed E-state index contributed by atoms with van der Waals surface area (Å²) in [7, 11) is 0. The fourth-order valence-electron chi connectivity index (χ4n) is 1.44. The third-order valence-corrected chi connectivity index (χ3v) is 3.92. The molecule has 1 unspecified atom stereocenters. The first-order valence-corrected chi connectivity index (χ1v) is 6.87. The zero-order chi connectivity index (χ0) is 10.7. The Labute approximate surface area is 97.8 Å². The van der Waals surface area contributed by atoms with Crippen LogP contribution >= 0.6 is 22.7 Å². The highest BCUT2D eigenvalue weighted by Gasteiger charge is 2.10. The Morgan fingerprint density at radius 3 is 3.00 bits per heavy atom. The van der Waals surface area contributed by atoms with E-state index in [1.165, 1.54) is 5.56 Å². The van der Waals surface area contributed by atoms with Crippen molar-refractivity contribution in [2.24, 2.45) is 5.73 Å². The van der Waals surface area contributed by atoms with Gasteiger partial charge in [0, 0.05) is 16.3 Å². The molecule has 15 heavy (non-hydrogen) atoms. The second kappa shape index (κ2) is 4.88. The van der Waals surface area contributed by atoms with E-state index in [-0.39, 0.29) is 6.04 Å².